The number of rotatable bonds is 0. The Morgan fingerprint density at radius 3 is 3.33 bits per heavy atom. The standard InChI is InChI=1S/C11H13N3O/c1-14-10-5-11-9(4-8(10)7-13-14)6-12-2-3-15-11/h4-5,7,12H,2-3,6H2,1H3. The van der Waals surface area contributed by atoms with E-state index >= 15 is 0 Å². The molecule has 1 N–H and O–H groups in total. The number of benzene rings is 1. The number of aromatic nitrogens is 2. The van der Waals surface area contributed by atoms with Crippen LogP contribution in [-0.2, 0) is 13.6 Å². The Kier molecular flexibility index (Phi) is 1.89. The topological polar surface area (TPSA) is 39.1 Å². The Bertz CT molecular complexity index is 504. The highest BCUT2D eigenvalue weighted by molar-refractivity contribution is 5.81. The maximum atomic E-state index is 5.68. The Hall–Kier alpha value is -1.55. The second-order valence-electron chi connectivity index (χ2n) is 3.81. The molecular formula is C11H13N3O. The van der Waals surface area contributed by atoms with Crippen LogP contribution in [0.3, 0.4) is 0 Å². The summed E-state index contributed by atoms with van der Waals surface area (Å²) in [5.41, 5.74) is 2.34. The van der Waals surface area contributed by atoms with Crippen LogP contribution in [0.4, 0.5) is 0 Å². The molecule has 15 heavy (non-hydrogen) atoms. The van der Waals surface area contributed by atoms with E-state index in [1.54, 1.807) is 0 Å². The van der Waals surface area contributed by atoms with Gasteiger partial charge >= 0.3 is 0 Å². The van der Waals surface area contributed by atoms with E-state index in [1.807, 2.05) is 17.9 Å². The van der Waals surface area contributed by atoms with Gasteiger partial charge in [0.05, 0.1) is 11.7 Å². The van der Waals surface area contributed by atoms with Crippen molar-refractivity contribution in [3.63, 3.8) is 0 Å². The number of aryl methyl sites for hydroxylation is 1. The van der Waals surface area contributed by atoms with Gasteiger partial charge in [0, 0.05) is 37.2 Å². The monoisotopic (exact) mass is 203 g/mol. The molecule has 0 amide bonds. The first-order valence-electron chi connectivity index (χ1n) is 5.13. The number of fused-ring (bicyclic) bond motifs is 2. The number of nitrogens with zero attached hydrogens (tertiary/aromatic N) is 2. The lowest BCUT2D eigenvalue weighted by molar-refractivity contribution is 0.326. The molecular weight excluding hydrogens is 190 g/mol. The Balaban J connectivity index is 2.22. The third kappa shape index (κ3) is 1.37. The Labute approximate surface area is 87.8 Å². The van der Waals surface area contributed by atoms with Crippen LogP contribution in [0.5, 0.6) is 5.75 Å². The van der Waals surface area contributed by atoms with E-state index in [4.69, 9.17) is 4.74 Å². The fourth-order valence-electron chi connectivity index (χ4n) is 1.96. The van der Waals surface area contributed by atoms with E-state index in [-0.39, 0.29) is 0 Å². The van der Waals surface area contributed by atoms with Crippen molar-refractivity contribution in [2.24, 2.45) is 7.05 Å². The second kappa shape index (κ2) is 3.24. The van der Waals surface area contributed by atoms with Gasteiger partial charge in [-0.2, -0.15) is 5.10 Å². The molecule has 0 unspecified atom stereocenters. The first kappa shape index (κ1) is 8.73. The molecule has 2 aromatic rings. The first-order valence-corrected chi connectivity index (χ1v) is 5.13. The molecule has 0 aliphatic carbocycles. The molecule has 78 valence electrons. The van der Waals surface area contributed by atoms with Crippen LogP contribution in [-0.4, -0.2) is 22.9 Å². The molecule has 4 nitrogen and oxygen atoms in total. The highest BCUT2D eigenvalue weighted by Gasteiger charge is 2.11. The summed E-state index contributed by atoms with van der Waals surface area (Å²) in [5, 5.41) is 8.72. The zero-order chi connectivity index (χ0) is 10.3. The SMILES string of the molecule is Cn1ncc2cc3c(cc21)OCCNC3. The minimum absolute atomic E-state index is 0.732. The fourth-order valence-corrected chi connectivity index (χ4v) is 1.96. The van der Waals surface area contributed by atoms with Crippen molar-refractivity contribution in [2.45, 2.75) is 6.54 Å². The number of nitrogens with one attached hydrogen (secondary N) is 1. The molecule has 0 spiro atoms. The summed E-state index contributed by atoms with van der Waals surface area (Å²) in [6.07, 6.45) is 1.89. The molecule has 2 heterocycles. The maximum Gasteiger partial charge on any atom is 0.126 e. The lowest BCUT2D eigenvalue weighted by Gasteiger charge is -2.06. The molecule has 1 aromatic heterocycles. The number of hydrogen-bond acceptors (Lipinski definition) is 3. The predicted molar refractivity (Wildman–Crippen MR) is 57.9 cm³/mol. The summed E-state index contributed by atoms with van der Waals surface area (Å²) in [6, 6.07) is 4.22. The predicted octanol–water partition coefficient (Wildman–Crippen LogP) is 1.06. The summed E-state index contributed by atoms with van der Waals surface area (Å²) in [5.74, 6) is 0.982. The zero-order valence-corrected chi connectivity index (χ0v) is 8.66. The molecule has 0 bridgehead atoms. The van der Waals surface area contributed by atoms with Gasteiger partial charge in [0.2, 0.25) is 0 Å². The summed E-state index contributed by atoms with van der Waals surface area (Å²) < 4.78 is 7.55. The molecule has 0 fully saturated rings. The van der Waals surface area contributed by atoms with Crippen molar-refractivity contribution < 1.29 is 4.74 Å². The van der Waals surface area contributed by atoms with Gasteiger partial charge in [0.15, 0.2) is 0 Å². The fraction of sp³-hybridized carbons (Fsp3) is 0.364. The highest BCUT2D eigenvalue weighted by Crippen LogP contribution is 2.26. The molecule has 0 saturated heterocycles. The molecule has 0 atom stereocenters. The molecule has 0 saturated carbocycles. The second-order valence-corrected chi connectivity index (χ2v) is 3.81. The minimum Gasteiger partial charge on any atom is -0.492 e. The average Bonchev–Trinajstić information content (AvgIpc) is 2.49. The largest absolute Gasteiger partial charge is 0.492 e. The van der Waals surface area contributed by atoms with E-state index < -0.39 is 0 Å². The lowest BCUT2D eigenvalue weighted by atomic mass is 10.1. The zero-order valence-electron chi connectivity index (χ0n) is 8.66. The average molecular weight is 203 g/mol. The van der Waals surface area contributed by atoms with Crippen molar-refractivity contribution >= 4 is 10.9 Å². The molecule has 1 aromatic carbocycles. The van der Waals surface area contributed by atoms with Gasteiger partial charge < -0.3 is 10.1 Å². The van der Waals surface area contributed by atoms with Gasteiger partial charge in [-0.05, 0) is 6.07 Å². The maximum absolute atomic E-state index is 5.68. The van der Waals surface area contributed by atoms with Crippen LogP contribution in [0, 0.1) is 0 Å². The summed E-state index contributed by atoms with van der Waals surface area (Å²) >= 11 is 0. The van der Waals surface area contributed by atoms with Gasteiger partial charge in [-0.3, -0.25) is 4.68 Å². The van der Waals surface area contributed by atoms with Crippen LogP contribution in [0.1, 0.15) is 5.56 Å². The van der Waals surface area contributed by atoms with Crippen molar-refractivity contribution in [3.8, 4) is 5.75 Å². The Morgan fingerprint density at radius 1 is 1.47 bits per heavy atom. The van der Waals surface area contributed by atoms with Gasteiger partial charge in [-0.1, -0.05) is 0 Å². The van der Waals surface area contributed by atoms with E-state index in [0.29, 0.717) is 0 Å². The molecule has 3 rings (SSSR count). The van der Waals surface area contributed by atoms with Gasteiger partial charge in [-0.15, -0.1) is 0 Å². The molecule has 4 heteroatoms. The summed E-state index contributed by atoms with van der Waals surface area (Å²) in [7, 11) is 1.95. The van der Waals surface area contributed by atoms with Crippen molar-refractivity contribution in [1.29, 1.82) is 0 Å². The van der Waals surface area contributed by atoms with Crippen molar-refractivity contribution in [1.82, 2.24) is 15.1 Å². The molecule has 0 radical (unpaired) electrons. The van der Waals surface area contributed by atoms with E-state index in [0.717, 1.165) is 31.0 Å². The quantitative estimate of drug-likeness (QED) is 0.695. The minimum atomic E-state index is 0.732. The lowest BCUT2D eigenvalue weighted by Crippen LogP contribution is -2.16. The van der Waals surface area contributed by atoms with Crippen molar-refractivity contribution in [2.75, 3.05) is 13.2 Å². The smallest absolute Gasteiger partial charge is 0.126 e. The summed E-state index contributed by atoms with van der Waals surface area (Å²) in [4.78, 5) is 0. The van der Waals surface area contributed by atoms with Gasteiger partial charge in [0.1, 0.15) is 12.4 Å². The number of ether oxygens (including phenoxy) is 1. The molecule has 1 aliphatic heterocycles. The first-order chi connectivity index (χ1) is 7.34. The summed E-state index contributed by atoms with van der Waals surface area (Å²) in [6.45, 7) is 2.51. The van der Waals surface area contributed by atoms with Crippen LogP contribution < -0.4 is 10.1 Å². The normalized spacial score (nSPS) is 15.8. The van der Waals surface area contributed by atoms with E-state index in [2.05, 4.69) is 22.5 Å². The third-order valence-electron chi connectivity index (χ3n) is 2.78. The van der Waals surface area contributed by atoms with Crippen molar-refractivity contribution in [3.05, 3.63) is 23.9 Å². The highest BCUT2D eigenvalue weighted by atomic mass is 16.5. The Morgan fingerprint density at radius 2 is 2.40 bits per heavy atom. The van der Waals surface area contributed by atoms with Gasteiger partial charge in [0.25, 0.3) is 0 Å². The molecule has 1 aliphatic rings. The van der Waals surface area contributed by atoms with Crippen LogP contribution in [0.15, 0.2) is 18.3 Å². The third-order valence-corrected chi connectivity index (χ3v) is 2.78. The van der Waals surface area contributed by atoms with Crippen LogP contribution in [0.2, 0.25) is 0 Å². The van der Waals surface area contributed by atoms with Crippen LogP contribution in [0.25, 0.3) is 10.9 Å². The number of hydrogen-bond donors (Lipinski definition) is 1. The van der Waals surface area contributed by atoms with Crippen LogP contribution >= 0.6 is 0 Å². The van der Waals surface area contributed by atoms with E-state index in [9.17, 15) is 0 Å². The van der Waals surface area contributed by atoms with Gasteiger partial charge in [-0.25, -0.2) is 0 Å². The van der Waals surface area contributed by atoms with E-state index in [1.165, 1.54) is 10.9 Å².